The molecule has 0 fully saturated rings. The van der Waals surface area contributed by atoms with Crippen molar-refractivity contribution in [3.8, 4) is 17.7 Å². The molecule has 1 aromatic heterocycles. The molecule has 2 rings (SSSR count). The molecule has 0 aliphatic rings. The Labute approximate surface area is 109 Å². The van der Waals surface area contributed by atoms with Gasteiger partial charge in [-0.15, -0.1) is 11.8 Å². The van der Waals surface area contributed by atoms with E-state index >= 15 is 0 Å². The number of hydrogen-bond donors (Lipinski definition) is 1. The van der Waals surface area contributed by atoms with Gasteiger partial charge in [0.05, 0.1) is 11.3 Å². The zero-order chi connectivity index (χ0) is 13.0. The monoisotopic (exact) mass is 257 g/mol. The first kappa shape index (κ1) is 12.3. The summed E-state index contributed by atoms with van der Waals surface area (Å²) < 4.78 is 5.55. The minimum absolute atomic E-state index is 0.311. The minimum Gasteiger partial charge on any atom is -0.437 e. The molecule has 0 unspecified atom stereocenters. The van der Waals surface area contributed by atoms with E-state index in [4.69, 9.17) is 15.7 Å². The van der Waals surface area contributed by atoms with Gasteiger partial charge in [-0.3, -0.25) is 0 Å². The Morgan fingerprint density at radius 3 is 2.61 bits per heavy atom. The van der Waals surface area contributed by atoms with Crippen molar-refractivity contribution in [1.82, 2.24) is 4.98 Å². The van der Waals surface area contributed by atoms with Crippen LogP contribution in [0.1, 0.15) is 5.56 Å². The highest BCUT2D eigenvalue weighted by atomic mass is 32.2. The number of pyridine rings is 1. The fourth-order valence-electron chi connectivity index (χ4n) is 1.37. The van der Waals surface area contributed by atoms with Gasteiger partial charge in [0.25, 0.3) is 0 Å². The third-order valence-electron chi connectivity index (χ3n) is 2.28. The van der Waals surface area contributed by atoms with Gasteiger partial charge >= 0.3 is 0 Å². The maximum absolute atomic E-state index is 8.71. The Bertz CT molecular complexity index is 590. The Kier molecular flexibility index (Phi) is 3.70. The number of nitriles is 1. The van der Waals surface area contributed by atoms with Crippen molar-refractivity contribution < 1.29 is 4.74 Å². The number of anilines is 1. The fourth-order valence-corrected chi connectivity index (χ4v) is 1.78. The Morgan fingerprint density at radius 1 is 1.33 bits per heavy atom. The number of benzene rings is 1. The van der Waals surface area contributed by atoms with Gasteiger partial charge in [0, 0.05) is 11.1 Å². The molecule has 0 aliphatic heterocycles. The number of nitrogens with zero attached hydrogens (tertiary/aromatic N) is 2. The normalized spacial score (nSPS) is 9.78. The second-order valence-electron chi connectivity index (χ2n) is 3.51. The van der Waals surface area contributed by atoms with E-state index in [1.54, 1.807) is 17.8 Å². The van der Waals surface area contributed by atoms with Crippen molar-refractivity contribution in [3.05, 3.63) is 42.1 Å². The lowest BCUT2D eigenvalue weighted by Gasteiger charge is -2.07. The summed E-state index contributed by atoms with van der Waals surface area (Å²) in [5.41, 5.74) is 6.52. The number of hydrogen-bond acceptors (Lipinski definition) is 5. The molecule has 0 atom stereocenters. The van der Waals surface area contributed by atoms with E-state index in [9.17, 15) is 0 Å². The van der Waals surface area contributed by atoms with Crippen LogP contribution in [0.25, 0.3) is 0 Å². The summed E-state index contributed by atoms with van der Waals surface area (Å²) in [6.07, 6.45) is 3.44. The molecule has 0 aliphatic carbocycles. The van der Waals surface area contributed by atoms with Gasteiger partial charge < -0.3 is 10.5 Å². The largest absolute Gasteiger partial charge is 0.437 e. The van der Waals surface area contributed by atoms with Crippen LogP contribution in [0.3, 0.4) is 0 Å². The standard InChI is InChI=1S/C13H11N3OS/c1-18-11-4-2-10(3-5-11)17-13-12(15)6-9(7-14)8-16-13/h2-6,8H,15H2,1H3. The molecule has 2 N–H and O–H groups in total. The summed E-state index contributed by atoms with van der Waals surface area (Å²) in [5, 5.41) is 8.71. The van der Waals surface area contributed by atoms with Gasteiger partial charge in [-0.1, -0.05) is 0 Å². The lowest BCUT2D eigenvalue weighted by atomic mass is 10.3. The van der Waals surface area contributed by atoms with Crippen LogP contribution in [0.15, 0.2) is 41.4 Å². The first-order valence-corrected chi connectivity index (χ1v) is 6.43. The topological polar surface area (TPSA) is 71.9 Å². The van der Waals surface area contributed by atoms with Crippen LogP contribution < -0.4 is 10.5 Å². The van der Waals surface area contributed by atoms with Crippen LogP contribution >= 0.6 is 11.8 Å². The van der Waals surface area contributed by atoms with Crippen LogP contribution in [0.5, 0.6) is 11.6 Å². The van der Waals surface area contributed by atoms with E-state index in [0.717, 1.165) is 4.90 Å². The first-order valence-electron chi connectivity index (χ1n) is 5.20. The minimum atomic E-state index is 0.311. The van der Waals surface area contributed by atoms with E-state index in [1.807, 2.05) is 36.6 Å². The molecule has 0 radical (unpaired) electrons. The molecule has 1 heterocycles. The molecule has 18 heavy (non-hydrogen) atoms. The molecule has 0 saturated carbocycles. The number of nitrogens with two attached hydrogens (primary N) is 1. The zero-order valence-corrected chi connectivity index (χ0v) is 10.6. The quantitative estimate of drug-likeness (QED) is 0.855. The van der Waals surface area contributed by atoms with Crippen LogP contribution in [0.4, 0.5) is 5.69 Å². The van der Waals surface area contributed by atoms with Gasteiger partial charge in [-0.2, -0.15) is 5.26 Å². The maximum atomic E-state index is 8.71. The maximum Gasteiger partial charge on any atom is 0.242 e. The first-order chi connectivity index (χ1) is 8.72. The number of rotatable bonds is 3. The van der Waals surface area contributed by atoms with E-state index in [2.05, 4.69) is 4.98 Å². The summed E-state index contributed by atoms with van der Waals surface area (Å²) in [4.78, 5) is 5.17. The lowest BCUT2D eigenvalue weighted by Crippen LogP contribution is -1.95. The predicted molar refractivity (Wildman–Crippen MR) is 71.7 cm³/mol. The van der Waals surface area contributed by atoms with Crippen molar-refractivity contribution in [3.63, 3.8) is 0 Å². The van der Waals surface area contributed by atoms with Gasteiger partial charge in [0.1, 0.15) is 11.8 Å². The number of thioether (sulfide) groups is 1. The van der Waals surface area contributed by atoms with Gasteiger partial charge in [-0.25, -0.2) is 4.98 Å². The van der Waals surface area contributed by atoms with Crippen molar-refractivity contribution in [2.75, 3.05) is 12.0 Å². The SMILES string of the molecule is CSc1ccc(Oc2ncc(C#N)cc2N)cc1. The molecule has 2 aromatic rings. The lowest BCUT2D eigenvalue weighted by molar-refractivity contribution is 0.465. The number of ether oxygens (including phenoxy) is 1. The Hall–Kier alpha value is -2.19. The summed E-state index contributed by atoms with van der Waals surface area (Å²) in [6.45, 7) is 0. The highest BCUT2D eigenvalue weighted by Gasteiger charge is 2.05. The third kappa shape index (κ3) is 2.73. The molecule has 0 saturated heterocycles. The molecule has 0 spiro atoms. The Balaban J connectivity index is 2.20. The molecular weight excluding hydrogens is 246 g/mol. The third-order valence-corrected chi connectivity index (χ3v) is 3.03. The van der Waals surface area contributed by atoms with Gasteiger partial charge in [0.2, 0.25) is 5.88 Å². The smallest absolute Gasteiger partial charge is 0.242 e. The van der Waals surface area contributed by atoms with E-state index < -0.39 is 0 Å². The summed E-state index contributed by atoms with van der Waals surface area (Å²) in [7, 11) is 0. The molecular formula is C13H11N3OS. The molecule has 1 aromatic carbocycles. The highest BCUT2D eigenvalue weighted by Crippen LogP contribution is 2.27. The van der Waals surface area contributed by atoms with Crippen LogP contribution in [0, 0.1) is 11.3 Å². The van der Waals surface area contributed by atoms with Gasteiger partial charge in [-0.05, 0) is 36.6 Å². The predicted octanol–water partition coefficient (Wildman–Crippen LogP) is 3.05. The van der Waals surface area contributed by atoms with Crippen molar-refractivity contribution in [2.45, 2.75) is 4.90 Å². The fraction of sp³-hybridized carbons (Fsp3) is 0.0769. The average molecular weight is 257 g/mol. The van der Waals surface area contributed by atoms with Crippen molar-refractivity contribution in [2.24, 2.45) is 0 Å². The molecule has 0 amide bonds. The number of nitrogen functional groups attached to an aromatic ring is 1. The number of aromatic nitrogens is 1. The van der Waals surface area contributed by atoms with Gasteiger partial charge in [0.15, 0.2) is 0 Å². The van der Waals surface area contributed by atoms with Crippen LogP contribution in [0.2, 0.25) is 0 Å². The zero-order valence-electron chi connectivity index (χ0n) is 9.75. The van der Waals surface area contributed by atoms with Crippen molar-refractivity contribution >= 4 is 17.4 Å². The molecule has 5 heteroatoms. The highest BCUT2D eigenvalue weighted by molar-refractivity contribution is 7.98. The Morgan fingerprint density at radius 2 is 2.06 bits per heavy atom. The summed E-state index contributed by atoms with van der Waals surface area (Å²) >= 11 is 1.66. The summed E-state index contributed by atoms with van der Waals surface area (Å²) in [6, 6.07) is 11.1. The second-order valence-corrected chi connectivity index (χ2v) is 4.39. The van der Waals surface area contributed by atoms with Crippen molar-refractivity contribution in [1.29, 1.82) is 5.26 Å². The summed E-state index contributed by atoms with van der Waals surface area (Å²) in [5.74, 6) is 0.975. The molecule has 0 bridgehead atoms. The molecule has 4 nitrogen and oxygen atoms in total. The van der Waals surface area contributed by atoms with E-state index in [1.165, 1.54) is 6.20 Å². The van der Waals surface area contributed by atoms with E-state index in [0.29, 0.717) is 22.9 Å². The second kappa shape index (κ2) is 5.43. The van der Waals surface area contributed by atoms with Crippen LogP contribution in [-0.4, -0.2) is 11.2 Å². The average Bonchev–Trinajstić information content (AvgIpc) is 2.42. The van der Waals surface area contributed by atoms with E-state index in [-0.39, 0.29) is 0 Å². The molecule has 90 valence electrons. The van der Waals surface area contributed by atoms with Crippen LogP contribution in [-0.2, 0) is 0 Å².